The Balaban J connectivity index is 1.93. The molecule has 5 nitrogen and oxygen atoms in total. The minimum atomic E-state index is -0.968. The molecule has 0 aliphatic carbocycles. The molecular formula is C19H21NO4S. The normalized spacial score (nSPS) is 11.0. The van der Waals surface area contributed by atoms with Gasteiger partial charge >= 0.3 is 5.97 Å². The molecule has 0 heterocycles. The highest BCUT2D eigenvalue weighted by molar-refractivity contribution is 8.00. The molecule has 1 amide bonds. The van der Waals surface area contributed by atoms with Crippen LogP contribution in [0, 0.1) is 0 Å². The number of nitrogens with one attached hydrogen (secondary N) is 1. The van der Waals surface area contributed by atoms with Gasteiger partial charge in [0.25, 0.3) is 0 Å². The number of thioether (sulfide) groups is 1. The molecule has 0 saturated heterocycles. The van der Waals surface area contributed by atoms with Gasteiger partial charge in [-0.05, 0) is 49.7 Å². The van der Waals surface area contributed by atoms with E-state index in [0.29, 0.717) is 11.3 Å². The van der Waals surface area contributed by atoms with E-state index in [1.54, 1.807) is 45.2 Å². The Bertz CT molecular complexity index is 756. The molecule has 132 valence electrons. The number of ether oxygens (including phenoxy) is 1. The fourth-order valence-electron chi connectivity index (χ4n) is 2.13. The van der Waals surface area contributed by atoms with Gasteiger partial charge in [0.1, 0.15) is 5.75 Å². The van der Waals surface area contributed by atoms with Crippen LogP contribution in [0.1, 0.15) is 19.4 Å². The second-order valence-electron chi connectivity index (χ2n) is 6.02. The lowest BCUT2D eigenvalue weighted by molar-refractivity contribution is -0.142. The summed E-state index contributed by atoms with van der Waals surface area (Å²) in [6.45, 7) is 3.29. The molecule has 0 aliphatic heterocycles. The molecule has 0 aliphatic rings. The number of carboxylic acids is 1. The van der Waals surface area contributed by atoms with Crippen molar-refractivity contribution < 1.29 is 19.4 Å². The average molecular weight is 359 g/mol. The zero-order valence-electron chi connectivity index (χ0n) is 14.4. The number of anilines is 1. The average Bonchev–Trinajstić information content (AvgIpc) is 2.60. The number of benzene rings is 2. The molecule has 0 saturated carbocycles. The van der Waals surface area contributed by atoms with Gasteiger partial charge in [0.05, 0.1) is 18.3 Å². The third-order valence-corrected chi connectivity index (χ3v) is 4.83. The first-order valence-electron chi connectivity index (χ1n) is 7.73. The molecule has 25 heavy (non-hydrogen) atoms. The van der Waals surface area contributed by atoms with Crippen molar-refractivity contribution in [1.29, 1.82) is 0 Å². The first-order valence-corrected chi connectivity index (χ1v) is 8.72. The number of carbonyl (C=O) groups excluding carboxylic acids is 1. The van der Waals surface area contributed by atoms with E-state index in [4.69, 9.17) is 4.74 Å². The molecule has 2 N–H and O–H groups in total. The number of carbonyl (C=O) groups is 2. The molecule has 0 unspecified atom stereocenters. The van der Waals surface area contributed by atoms with Gasteiger partial charge in [0.2, 0.25) is 5.91 Å². The number of aliphatic carboxylic acids is 1. The topological polar surface area (TPSA) is 75.6 Å². The smallest absolute Gasteiger partial charge is 0.313 e. The monoisotopic (exact) mass is 359 g/mol. The first kappa shape index (κ1) is 18.9. The maximum absolute atomic E-state index is 12.1. The first-order chi connectivity index (χ1) is 11.8. The van der Waals surface area contributed by atoms with Crippen molar-refractivity contribution in [3.05, 3.63) is 54.1 Å². The lowest BCUT2D eigenvalue weighted by Crippen LogP contribution is -2.28. The molecule has 0 atom stereocenters. The summed E-state index contributed by atoms with van der Waals surface area (Å²) in [6, 6.07) is 14.4. The van der Waals surface area contributed by atoms with Crippen LogP contribution in [0.25, 0.3) is 0 Å². The van der Waals surface area contributed by atoms with Crippen LogP contribution >= 0.6 is 11.8 Å². The minimum Gasteiger partial charge on any atom is -0.497 e. The largest absolute Gasteiger partial charge is 0.497 e. The molecule has 2 aromatic carbocycles. The van der Waals surface area contributed by atoms with E-state index in [1.165, 1.54) is 11.8 Å². The molecule has 0 bridgehead atoms. The lowest BCUT2D eigenvalue weighted by atomic mass is 9.85. The zero-order valence-corrected chi connectivity index (χ0v) is 15.2. The minimum absolute atomic E-state index is 0.127. The molecule has 0 fully saturated rings. The van der Waals surface area contributed by atoms with Crippen LogP contribution in [0.5, 0.6) is 5.75 Å². The predicted octanol–water partition coefficient (Wildman–Crippen LogP) is 3.79. The van der Waals surface area contributed by atoms with Crippen molar-refractivity contribution in [3.63, 3.8) is 0 Å². The number of hydrogen-bond acceptors (Lipinski definition) is 4. The number of amides is 1. The summed E-state index contributed by atoms with van der Waals surface area (Å²) in [5.41, 5.74) is 0.357. The van der Waals surface area contributed by atoms with Crippen LogP contribution in [0.2, 0.25) is 0 Å². The van der Waals surface area contributed by atoms with Gasteiger partial charge in [0, 0.05) is 10.6 Å². The second-order valence-corrected chi connectivity index (χ2v) is 7.07. The maximum atomic E-state index is 12.1. The summed E-state index contributed by atoms with van der Waals surface area (Å²) in [7, 11) is 1.60. The van der Waals surface area contributed by atoms with Gasteiger partial charge in [-0.25, -0.2) is 0 Å². The Morgan fingerprint density at radius 1 is 1.16 bits per heavy atom. The molecular weight excluding hydrogens is 338 g/mol. The number of hydrogen-bond donors (Lipinski definition) is 2. The van der Waals surface area contributed by atoms with Crippen molar-refractivity contribution in [2.24, 2.45) is 0 Å². The van der Waals surface area contributed by atoms with Crippen LogP contribution < -0.4 is 10.1 Å². The fourth-order valence-corrected chi connectivity index (χ4v) is 2.87. The van der Waals surface area contributed by atoms with E-state index < -0.39 is 11.4 Å². The van der Waals surface area contributed by atoms with Gasteiger partial charge in [-0.3, -0.25) is 9.59 Å². The van der Waals surface area contributed by atoms with Crippen LogP contribution in [0.3, 0.4) is 0 Å². The van der Waals surface area contributed by atoms with Crippen molar-refractivity contribution in [2.75, 3.05) is 18.2 Å². The summed E-state index contributed by atoms with van der Waals surface area (Å²) in [5.74, 6) is 0.00861. The molecule has 0 aromatic heterocycles. The Labute approximate surface area is 151 Å². The van der Waals surface area contributed by atoms with Crippen molar-refractivity contribution >= 4 is 29.3 Å². The van der Waals surface area contributed by atoms with E-state index in [1.807, 2.05) is 24.3 Å². The third kappa shape index (κ3) is 5.00. The zero-order chi connectivity index (χ0) is 18.4. The second kappa shape index (κ2) is 8.07. The van der Waals surface area contributed by atoms with Gasteiger partial charge in [0.15, 0.2) is 0 Å². The van der Waals surface area contributed by atoms with Crippen LogP contribution in [-0.4, -0.2) is 29.8 Å². The van der Waals surface area contributed by atoms with Gasteiger partial charge in [-0.1, -0.05) is 18.2 Å². The summed E-state index contributed by atoms with van der Waals surface area (Å²) >= 11 is 1.42. The van der Waals surface area contributed by atoms with Gasteiger partial charge < -0.3 is 15.2 Å². The highest BCUT2D eigenvalue weighted by Gasteiger charge is 2.29. The number of methoxy groups -OCH3 is 1. The molecule has 2 aromatic rings. The third-order valence-electron chi connectivity index (χ3n) is 3.84. The van der Waals surface area contributed by atoms with Crippen LogP contribution in [0.4, 0.5) is 5.69 Å². The highest BCUT2D eigenvalue weighted by Crippen LogP contribution is 2.25. The number of rotatable bonds is 7. The SMILES string of the molecule is COc1cccc(SCC(=O)Nc2ccc(C(C)(C)C(=O)O)cc2)c1. The van der Waals surface area contributed by atoms with Crippen molar-refractivity contribution in [1.82, 2.24) is 0 Å². The van der Waals surface area contributed by atoms with Gasteiger partial charge in [-0.2, -0.15) is 0 Å². The summed E-state index contributed by atoms with van der Waals surface area (Å²) in [6.07, 6.45) is 0. The Morgan fingerprint density at radius 2 is 1.84 bits per heavy atom. The van der Waals surface area contributed by atoms with E-state index in [9.17, 15) is 14.7 Å². The quantitative estimate of drug-likeness (QED) is 0.736. The Kier molecular flexibility index (Phi) is 6.09. The van der Waals surface area contributed by atoms with Crippen LogP contribution in [-0.2, 0) is 15.0 Å². The molecule has 0 spiro atoms. The summed E-state index contributed by atoms with van der Waals surface area (Å²) < 4.78 is 5.16. The lowest BCUT2D eigenvalue weighted by Gasteiger charge is -2.19. The fraction of sp³-hybridized carbons (Fsp3) is 0.263. The van der Waals surface area contributed by atoms with Crippen LogP contribution in [0.15, 0.2) is 53.4 Å². The van der Waals surface area contributed by atoms with E-state index in [-0.39, 0.29) is 11.7 Å². The Hall–Kier alpha value is -2.47. The van der Waals surface area contributed by atoms with E-state index >= 15 is 0 Å². The maximum Gasteiger partial charge on any atom is 0.313 e. The van der Waals surface area contributed by atoms with Gasteiger partial charge in [-0.15, -0.1) is 11.8 Å². The molecule has 0 radical (unpaired) electrons. The van der Waals surface area contributed by atoms with E-state index in [0.717, 1.165) is 10.6 Å². The summed E-state index contributed by atoms with van der Waals surface area (Å²) in [4.78, 5) is 24.3. The highest BCUT2D eigenvalue weighted by atomic mass is 32.2. The molecule has 6 heteroatoms. The standard InChI is InChI=1S/C19H21NO4S/c1-19(2,18(22)23)13-7-9-14(10-8-13)20-17(21)12-25-16-6-4-5-15(11-16)24-3/h4-11H,12H2,1-3H3,(H,20,21)(H,22,23). The molecule has 2 rings (SSSR count). The number of carboxylic acid groups (broad SMARTS) is 1. The summed E-state index contributed by atoms with van der Waals surface area (Å²) in [5, 5.41) is 12.1. The van der Waals surface area contributed by atoms with Crippen molar-refractivity contribution in [2.45, 2.75) is 24.2 Å². The predicted molar refractivity (Wildman–Crippen MR) is 99.5 cm³/mol. The van der Waals surface area contributed by atoms with Crippen molar-refractivity contribution in [3.8, 4) is 5.75 Å². The van der Waals surface area contributed by atoms with E-state index in [2.05, 4.69) is 5.32 Å². The Morgan fingerprint density at radius 3 is 2.44 bits per heavy atom.